The van der Waals surface area contributed by atoms with Gasteiger partial charge >= 0.3 is 6.18 Å². The molecular formula is C30H29F5N2O. The van der Waals surface area contributed by atoms with Gasteiger partial charge in [-0.15, -0.1) is 0 Å². The summed E-state index contributed by atoms with van der Waals surface area (Å²) >= 11 is 0. The van der Waals surface area contributed by atoms with Gasteiger partial charge in [0, 0.05) is 24.1 Å². The molecule has 0 N–H and O–H groups in total. The van der Waals surface area contributed by atoms with E-state index in [9.17, 15) is 17.6 Å². The quantitative estimate of drug-likeness (QED) is 0.146. The van der Waals surface area contributed by atoms with Gasteiger partial charge in [-0.3, -0.25) is 0 Å². The smallest absolute Gasteiger partial charge is 0.419 e. The van der Waals surface area contributed by atoms with Crippen molar-refractivity contribution in [2.24, 2.45) is 0 Å². The first kappa shape index (κ1) is 27.5. The Morgan fingerprint density at radius 3 is 2.34 bits per heavy atom. The summed E-state index contributed by atoms with van der Waals surface area (Å²) in [6.45, 7) is 2.77. The first-order valence-electron chi connectivity index (χ1n) is 12.7. The van der Waals surface area contributed by atoms with Gasteiger partial charge < -0.3 is 4.74 Å². The first-order chi connectivity index (χ1) is 18.2. The summed E-state index contributed by atoms with van der Waals surface area (Å²) in [6, 6.07) is 13.6. The first-order valence-corrected chi connectivity index (χ1v) is 12.7. The van der Waals surface area contributed by atoms with Crippen LogP contribution in [-0.2, 0) is 31.9 Å². The summed E-state index contributed by atoms with van der Waals surface area (Å²) in [7, 11) is 0. The average molecular weight is 529 g/mol. The number of benzene rings is 3. The highest BCUT2D eigenvalue weighted by Gasteiger charge is 2.33. The molecule has 0 radical (unpaired) electrons. The summed E-state index contributed by atoms with van der Waals surface area (Å²) in [5.74, 6) is -0.451. The Labute approximate surface area is 218 Å². The Hall–Kier alpha value is -3.55. The van der Waals surface area contributed by atoms with Crippen LogP contribution in [0, 0.1) is 11.6 Å². The van der Waals surface area contributed by atoms with E-state index in [0.29, 0.717) is 47.7 Å². The molecular weight excluding hydrogens is 499 g/mol. The normalized spacial score (nSPS) is 11.7. The highest BCUT2D eigenvalue weighted by molar-refractivity contribution is 5.84. The molecule has 4 rings (SSSR count). The molecule has 0 unspecified atom stereocenters. The molecule has 200 valence electrons. The molecule has 4 aromatic rings. The third kappa shape index (κ3) is 7.05. The molecule has 0 spiro atoms. The van der Waals surface area contributed by atoms with Crippen LogP contribution in [0.1, 0.15) is 54.3 Å². The van der Waals surface area contributed by atoms with Crippen LogP contribution >= 0.6 is 0 Å². The van der Waals surface area contributed by atoms with Crippen LogP contribution in [0.4, 0.5) is 22.0 Å². The van der Waals surface area contributed by atoms with E-state index in [1.54, 1.807) is 24.4 Å². The standard InChI is InChI=1S/C30H29F5N2O/c1-2-3-4-17-38-28-15-16-36-27(37-28)14-8-20-6-12-24-23(18-20)11-10-22(29(24)32)9-5-21-7-13-25(26(31)19-21)30(33,34)35/h6-7,10-13,15-16,18-19H,2-5,8-9,14,17H2,1H3. The Balaban J connectivity index is 1.38. The fourth-order valence-corrected chi connectivity index (χ4v) is 4.32. The number of unbranched alkanes of at least 4 members (excludes halogenated alkanes) is 2. The molecule has 1 heterocycles. The molecule has 1 aromatic heterocycles. The van der Waals surface area contributed by atoms with Gasteiger partial charge in [0.05, 0.1) is 12.2 Å². The lowest BCUT2D eigenvalue weighted by Gasteiger charge is -2.11. The van der Waals surface area contributed by atoms with Gasteiger partial charge in [-0.05, 0) is 59.9 Å². The molecule has 38 heavy (non-hydrogen) atoms. The second-order valence-corrected chi connectivity index (χ2v) is 9.27. The van der Waals surface area contributed by atoms with Gasteiger partial charge in [0.2, 0.25) is 5.88 Å². The minimum Gasteiger partial charge on any atom is -0.478 e. The van der Waals surface area contributed by atoms with E-state index < -0.39 is 17.6 Å². The van der Waals surface area contributed by atoms with Crippen LogP contribution in [0.3, 0.4) is 0 Å². The number of nitrogens with zero attached hydrogens (tertiary/aromatic N) is 2. The van der Waals surface area contributed by atoms with Crippen LogP contribution in [0.5, 0.6) is 5.88 Å². The van der Waals surface area contributed by atoms with Crippen molar-refractivity contribution in [2.75, 3.05) is 6.61 Å². The predicted molar refractivity (Wildman–Crippen MR) is 137 cm³/mol. The topological polar surface area (TPSA) is 35.0 Å². The summed E-state index contributed by atoms with van der Waals surface area (Å²) in [5, 5.41) is 1.21. The zero-order valence-electron chi connectivity index (χ0n) is 21.1. The van der Waals surface area contributed by atoms with Crippen LogP contribution in [-0.4, -0.2) is 16.6 Å². The molecule has 0 amide bonds. The number of aryl methyl sites for hydroxylation is 4. The molecule has 0 aliphatic carbocycles. The summed E-state index contributed by atoms with van der Waals surface area (Å²) < 4.78 is 73.1. The van der Waals surface area contributed by atoms with Crippen molar-refractivity contribution in [3.8, 4) is 5.88 Å². The third-order valence-electron chi connectivity index (χ3n) is 6.44. The number of rotatable bonds is 11. The minimum absolute atomic E-state index is 0.219. The Morgan fingerprint density at radius 2 is 1.58 bits per heavy atom. The Morgan fingerprint density at radius 1 is 0.816 bits per heavy atom. The van der Waals surface area contributed by atoms with Gasteiger partial charge in [-0.1, -0.05) is 56.2 Å². The number of hydrogen-bond acceptors (Lipinski definition) is 3. The summed E-state index contributed by atoms with van der Waals surface area (Å²) in [5.41, 5.74) is 0.518. The van der Waals surface area contributed by atoms with Crippen molar-refractivity contribution in [3.05, 3.63) is 101 Å². The molecule has 8 heteroatoms. The van der Waals surface area contributed by atoms with Crippen molar-refractivity contribution in [3.63, 3.8) is 0 Å². The van der Waals surface area contributed by atoms with E-state index in [0.717, 1.165) is 42.3 Å². The molecule has 0 aliphatic heterocycles. The van der Waals surface area contributed by atoms with Crippen molar-refractivity contribution >= 4 is 10.8 Å². The van der Waals surface area contributed by atoms with E-state index >= 15 is 4.39 Å². The predicted octanol–water partition coefficient (Wildman–Crippen LogP) is 8.07. The van der Waals surface area contributed by atoms with Gasteiger partial charge in [0.1, 0.15) is 17.5 Å². The summed E-state index contributed by atoms with van der Waals surface area (Å²) in [4.78, 5) is 8.79. The van der Waals surface area contributed by atoms with E-state index in [2.05, 4.69) is 16.9 Å². The van der Waals surface area contributed by atoms with Gasteiger partial charge in [0.25, 0.3) is 0 Å². The third-order valence-corrected chi connectivity index (χ3v) is 6.44. The molecule has 0 atom stereocenters. The lowest BCUT2D eigenvalue weighted by Crippen LogP contribution is -2.08. The Bertz CT molecular complexity index is 1390. The van der Waals surface area contributed by atoms with Crippen LogP contribution in [0.15, 0.2) is 60.8 Å². The van der Waals surface area contributed by atoms with Crippen LogP contribution < -0.4 is 4.74 Å². The fourth-order valence-electron chi connectivity index (χ4n) is 4.32. The summed E-state index contributed by atoms with van der Waals surface area (Å²) in [6.07, 6.45) is 1.91. The minimum atomic E-state index is -4.74. The van der Waals surface area contributed by atoms with Gasteiger partial charge in [0.15, 0.2) is 0 Å². The molecule has 3 nitrogen and oxygen atoms in total. The highest BCUT2D eigenvalue weighted by Crippen LogP contribution is 2.32. The number of fused-ring (bicyclic) bond motifs is 1. The number of aromatic nitrogens is 2. The SMILES string of the molecule is CCCCCOc1ccnc(CCc2ccc3c(F)c(CCc4ccc(C(F)(F)F)c(F)c4)ccc3c2)n1. The molecule has 0 saturated heterocycles. The molecule has 3 aromatic carbocycles. The van der Waals surface area contributed by atoms with Crippen LogP contribution in [0.2, 0.25) is 0 Å². The second-order valence-electron chi connectivity index (χ2n) is 9.27. The molecule has 0 aliphatic rings. The van der Waals surface area contributed by atoms with Gasteiger partial charge in [-0.25, -0.2) is 13.8 Å². The number of halogens is 5. The molecule has 0 saturated carbocycles. The molecule has 0 fully saturated rings. The number of alkyl halides is 3. The molecule has 0 bridgehead atoms. The van der Waals surface area contributed by atoms with E-state index in [4.69, 9.17) is 4.74 Å². The zero-order chi connectivity index (χ0) is 27.1. The lowest BCUT2D eigenvalue weighted by molar-refractivity contribution is -0.140. The van der Waals surface area contributed by atoms with Crippen LogP contribution in [0.25, 0.3) is 10.8 Å². The number of hydrogen-bond donors (Lipinski definition) is 0. The van der Waals surface area contributed by atoms with E-state index in [-0.39, 0.29) is 18.7 Å². The van der Waals surface area contributed by atoms with Crippen molar-refractivity contribution in [2.45, 2.75) is 58.0 Å². The highest BCUT2D eigenvalue weighted by atomic mass is 19.4. The fraction of sp³-hybridized carbons (Fsp3) is 0.333. The second kappa shape index (κ2) is 12.3. The Kier molecular flexibility index (Phi) is 8.92. The maximum Gasteiger partial charge on any atom is 0.419 e. The number of ether oxygens (including phenoxy) is 1. The maximum atomic E-state index is 15.2. The average Bonchev–Trinajstić information content (AvgIpc) is 2.89. The van der Waals surface area contributed by atoms with E-state index in [1.165, 1.54) is 6.07 Å². The van der Waals surface area contributed by atoms with Crippen molar-refractivity contribution in [1.82, 2.24) is 9.97 Å². The largest absolute Gasteiger partial charge is 0.478 e. The zero-order valence-corrected chi connectivity index (χ0v) is 21.1. The van der Waals surface area contributed by atoms with Crippen molar-refractivity contribution < 1.29 is 26.7 Å². The maximum absolute atomic E-state index is 15.2. The van der Waals surface area contributed by atoms with Gasteiger partial charge in [-0.2, -0.15) is 18.2 Å². The van der Waals surface area contributed by atoms with E-state index in [1.807, 2.05) is 18.2 Å². The monoisotopic (exact) mass is 528 g/mol. The van der Waals surface area contributed by atoms with Crippen molar-refractivity contribution in [1.29, 1.82) is 0 Å². The lowest BCUT2D eigenvalue weighted by atomic mass is 9.97.